The molecule has 2 aliphatic rings. The number of Topliss-reactive ketones (excluding diaryl/α,β-unsaturated/α-hetero) is 1. The van der Waals surface area contributed by atoms with Gasteiger partial charge in [0.05, 0.1) is 13.2 Å². The van der Waals surface area contributed by atoms with Gasteiger partial charge in [-0.3, -0.25) is 4.79 Å². The zero-order valence-electron chi connectivity index (χ0n) is 17.3. The first-order valence-electron chi connectivity index (χ1n) is 10.8. The Hall–Kier alpha value is -2.91. The Morgan fingerprint density at radius 1 is 0.967 bits per heavy atom. The lowest BCUT2D eigenvalue weighted by Crippen LogP contribution is -2.41. The van der Waals surface area contributed by atoms with E-state index in [4.69, 9.17) is 4.74 Å². The van der Waals surface area contributed by atoms with Gasteiger partial charge in [-0.25, -0.2) is 0 Å². The van der Waals surface area contributed by atoms with Crippen LogP contribution in [0.15, 0.2) is 78.9 Å². The van der Waals surface area contributed by atoms with Gasteiger partial charge in [0.25, 0.3) is 0 Å². The zero-order valence-corrected chi connectivity index (χ0v) is 17.3. The van der Waals surface area contributed by atoms with E-state index in [1.807, 2.05) is 24.3 Å². The molecule has 0 bridgehead atoms. The standard InChI is InChI=1S/C27H27NO2/c1-30-24-14-8-6-12-20(24)16-23(29)27-26-21(17-28-27)15-19-11-5-7-13-22(19)25(26)18-9-3-2-4-10-18/h2-14,21,25-28H,15-17H2,1H3. The molecular formula is C27H27NO2. The number of carbonyl (C=O) groups excluding carboxylic acids is 1. The normalized spacial score (nSPS) is 24.7. The van der Waals surface area contributed by atoms with Crippen LogP contribution in [-0.4, -0.2) is 25.5 Å². The van der Waals surface area contributed by atoms with Crippen LogP contribution in [0, 0.1) is 11.8 Å². The van der Waals surface area contributed by atoms with E-state index in [0.717, 1.165) is 24.3 Å². The molecule has 1 aliphatic heterocycles. The number of benzene rings is 3. The van der Waals surface area contributed by atoms with Gasteiger partial charge >= 0.3 is 0 Å². The first kappa shape index (κ1) is 19.1. The summed E-state index contributed by atoms with van der Waals surface area (Å²) in [5.74, 6) is 2.02. The van der Waals surface area contributed by atoms with Gasteiger partial charge in [0, 0.05) is 17.9 Å². The number of para-hydroxylation sites is 1. The summed E-state index contributed by atoms with van der Waals surface area (Å²) in [6.45, 7) is 0.894. The summed E-state index contributed by atoms with van der Waals surface area (Å²) in [6.07, 6.45) is 1.43. The quantitative estimate of drug-likeness (QED) is 0.694. The van der Waals surface area contributed by atoms with Gasteiger partial charge in [0.15, 0.2) is 5.78 Å². The van der Waals surface area contributed by atoms with Crippen LogP contribution >= 0.6 is 0 Å². The number of hydrogen-bond acceptors (Lipinski definition) is 3. The van der Waals surface area contributed by atoms with Gasteiger partial charge in [0.1, 0.15) is 5.75 Å². The fourth-order valence-corrected chi connectivity index (χ4v) is 5.55. The molecule has 3 nitrogen and oxygen atoms in total. The molecule has 1 saturated heterocycles. The van der Waals surface area contributed by atoms with Gasteiger partial charge in [0.2, 0.25) is 0 Å². The van der Waals surface area contributed by atoms with E-state index in [2.05, 4.69) is 59.9 Å². The van der Waals surface area contributed by atoms with Crippen LogP contribution in [0.2, 0.25) is 0 Å². The largest absolute Gasteiger partial charge is 0.496 e. The van der Waals surface area contributed by atoms with E-state index < -0.39 is 0 Å². The lowest BCUT2D eigenvalue weighted by atomic mass is 9.65. The monoisotopic (exact) mass is 397 g/mol. The number of methoxy groups -OCH3 is 1. The lowest BCUT2D eigenvalue weighted by Gasteiger charge is -2.38. The summed E-state index contributed by atoms with van der Waals surface area (Å²) in [7, 11) is 1.66. The molecule has 0 amide bonds. The third-order valence-electron chi connectivity index (χ3n) is 6.85. The van der Waals surface area contributed by atoms with E-state index >= 15 is 0 Å². The maximum Gasteiger partial charge on any atom is 0.154 e. The van der Waals surface area contributed by atoms with Gasteiger partial charge < -0.3 is 10.1 Å². The number of ketones is 1. The van der Waals surface area contributed by atoms with Crippen molar-refractivity contribution < 1.29 is 9.53 Å². The Labute approximate surface area is 178 Å². The molecule has 0 spiro atoms. The molecular weight excluding hydrogens is 370 g/mol. The minimum Gasteiger partial charge on any atom is -0.496 e. The van der Waals surface area contributed by atoms with E-state index in [0.29, 0.717) is 12.3 Å². The van der Waals surface area contributed by atoms with Crippen molar-refractivity contribution in [2.45, 2.75) is 24.8 Å². The number of fused-ring (bicyclic) bond motifs is 2. The van der Waals surface area contributed by atoms with Crippen molar-refractivity contribution in [2.75, 3.05) is 13.7 Å². The molecule has 0 aromatic heterocycles. The SMILES string of the molecule is COc1ccccc1CC(=O)C1NCC2Cc3ccccc3C(c3ccccc3)C21. The molecule has 1 heterocycles. The van der Waals surface area contributed by atoms with Crippen molar-refractivity contribution in [1.82, 2.24) is 5.32 Å². The van der Waals surface area contributed by atoms with Crippen LogP contribution in [0.25, 0.3) is 0 Å². The Morgan fingerprint density at radius 3 is 2.53 bits per heavy atom. The minimum atomic E-state index is -0.140. The van der Waals surface area contributed by atoms with Crippen LogP contribution in [0.4, 0.5) is 0 Å². The van der Waals surface area contributed by atoms with E-state index in [-0.39, 0.29) is 23.7 Å². The maximum atomic E-state index is 13.5. The Kier molecular flexibility index (Phi) is 5.14. The zero-order chi connectivity index (χ0) is 20.5. The van der Waals surface area contributed by atoms with Crippen LogP contribution in [0.5, 0.6) is 5.75 Å². The molecule has 5 rings (SSSR count). The molecule has 152 valence electrons. The lowest BCUT2D eigenvalue weighted by molar-refractivity contribution is -0.121. The Morgan fingerprint density at radius 2 is 1.70 bits per heavy atom. The fourth-order valence-electron chi connectivity index (χ4n) is 5.55. The molecule has 4 unspecified atom stereocenters. The third-order valence-corrected chi connectivity index (χ3v) is 6.85. The summed E-state index contributed by atoms with van der Waals surface area (Å²) < 4.78 is 5.48. The second-order valence-electron chi connectivity index (χ2n) is 8.47. The van der Waals surface area contributed by atoms with Crippen LogP contribution < -0.4 is 10.1 Å². The minimum absolute atomic E-state index is 0.140. The molecule has 1 aliphatic carbocycles. The summed E-state index contributed by atoms with van der Waals surface area (Å²) >= 11 is 0. The van der Waals surface area contributed by atoms with Crippen molar-refractivity contribution in [3.63, 3.8) is 0 Å². The van der Waals surface area contributed by atoms with Crippen LogP contribution in [0.3, 0.4) is 0 Å². The molecule has 0 saturated carbocycles. The second-order valence-corrected chi connectivity index (χ2v) is 8.47. The van der Waals surface area contributed by atoms with Crippen molar-refractivity contribution in [3.05, 3.63) is 101 Å². The third kappa shape index (κ3) is 3.33. The van der Waals surface area contributed by atoms with Gasteiger partial charge in [-0.05, 0) is 47.6 Å². The average Bonchev–Trinajstić information content (AvgIpc) is 3.22. The van der Waals surface area contributed by atoms with Crippen molar-refractivity contribution >= 4 is 5.78 Å². The van der Waals surface area contributed by atoms with Crippen molar-refractivity contribution in [3.8, 4) is 5.75 Å². The van der Waals surface area contributed by atoms with Crippen molar-refractivity contribution in [2.24, 2.45) is 11.8 Å². The Balaban J connectivity index is 1.51. The first-order chi connectivity index (χ1) is 14.8. The molecule has 0 radical (unpaired) electrons. The van der Waals surface area contributed by atoms with Crippen LogP contribution in [-0.2, 0) is 17.6 Å². The number of ether oxygens (including phenoxy) is 1. The summed E-state index contributed by atoms with van der Waals surface area (Å²) in [5, 5.41) is 3.60. The number of hydrogen-bond donors (Lipinski definition) is 1. The smallest absolute Gasteiger partial charge is 0.154 e. The molecule has 3 heteroatoms. The molecule has 1 fully saturated rings. The highest BCUT2D eigenvalue weighted by Gasteiger charge is 2.47. The maximum absolute atomic E-state index is 13.5. The fraction of sp³-hybridized carbons (Fsp3) is 0.296. The Bertz CT molecular complexity index is 1050. The summed E-state index contributed by atoms with van der Waals surface area (Å²) in [4.78, 5) is 13.5. The molecule has 30 heavy (non-hydrogen) atoms. The highest BCUT2D eigenvalue weighted by molar-refractivity contribution is 5.87. The van der Waals surface area contributed by atoms with Gasteiger partial charge in [-0.1, -0.05) is 72.8 Å². The second kappa shape index (κ2) is 8.08. The summed E-state index contributed by atoms with van der Waals surface area (Å²) in [6, 6.07) is 27.2. The van der Waals surface area contributed by atoms with Gasteiger partial charge in [-0.15, -0.1) is 0 Å². The van der Waals surface area contributed by atoms with E-state index in [1.54, 1.807) is 7.11 Å². The van der Waals surface area contributed by atoms with E-state index in [9.17, 15) is 4.79 Å². The molecule has 3 aromatic rings. The molecule has 1 N–H and O–H groups in total. The molecule has 4 atom stereocenters. The van der Waals surface area contributed by atoms with Gasteiger partial charge in [-0.2, -0.15) is 0 Å². The predicted octanol–water partition coefficient (Wildman–Crippen LogP) is 4.40. The predicted molar refractivity (Wildman–Crippen MR) is 119 cm³/mol. The average molecular weight is 398 g/mol. The first-order valence-corrected chi connectivity index (χ1v) is 10.8. The van der Waals surface area contributed by atoms with E-state index in [1.165, 1.54) is 16.7 Å². The molecule has 3 aromatic carbocycles. The highest BCUT2D eigenvalue weighted by Crippen LogP contribution is 2.47. The van der Waals surface area contributed by atoms with Crippen molar-refractivity contribution in [1.29, 1.82) is 0 Å². The number of carbonyl (C=O) groups is 1. The highest BCUT2D eigenvalue weighted by atomic mass is 16.5. The summed E-state index contributed by atoms with van der Waals surface area (Å²) in [5.41, 5.74) is 5.07. The topological polar surface area (TPSA) is 38.3 Å². The number of nitrogens with one attached hydrogen (secondary N) is 1. The van der Waals surface area contributed by atoms with Crippen LogP contribution in [0.1, 0.15) is 28.2 Å². The number of rotatable bonds is 5.